The van der Waals surface area contributed by atoms with Gasteiger partial charge in [-0.15, -0.1) is 0 Å². The van der Waals surface area contributed by atoms with E-state index in [1.807, 2.05) is 0 Å². The molecule has 0 aliphatic heterocycles. The first-order chi connectivity index (χ1) is 32.6. The lowest BCUT2D eigenvalue weighted by molar-refractivity contribution is 0.905. The Kier molecular flexibility index (Phi) is 12.1. The molecule has 0 saturated carbocycles. The van der Waals surface area contributed by atoms with Crippen molar-refractivity contribution in [3.63, 3.8) is 0 Å². The van der Waals surface area contributed by atoms with Gasteiger partial charge in [-0.1, -0.05) is 145 Å². The summed E-state index contributed by atoms with van der Waals surface area (Å²) >= 11 is 0. The van der Waals surface area contributed by atoms with Gasteiger partial charge in [0.2, 0.25) is 0 Å². The molecule has 0 heterocycles. The first-order valence-electron chi connectivity index (χ1n) is 22.8. The summed E-state index contributed by atoms with van der Waals surface area (Å²) in [6.07, 6.45) is 6.62. The van der Waals surface area contributed by atoms with E-state index in [1.165, 1.54) is 16.8 Å². The highest BCUT2D eigenvalue weighted by Crippen LogP contribution is 2.50. The van der Waals surface area contributed by atoms with E-state index >= 15 is 0 Å². The fourth-order valence-corrected chi connectivity index (χ4v) is 9.17. The maximum atomic E-state index is 2.45. The highest BCUT2D eigenvalue weighted by molar-refractivity contribution is 5.99. The molecule has 9 aromatic rings. The third kappa shape index (κ3) is 8.78. The largest absolute Gasteiger partial charge is 0.314 e. The van der Waals surface area contributed by atoms with Gasteiger partial charge in [-0.3, -0.25) is 0 Å². The molecule has 0 spiro atoms. The van der Waals surface area contributed by atoms with Gasteiger partial charge in [0.25, 0.3) is 0 Å². The first kappa shape index (κ1) is 41.7. The minimum absolute atomic E-state index is 0.942. The zero-order valence-electron chi connectivity index (χ0n) is 37.5. The molecular weight excluding hydrogens is 801 g/mol. The Morgan fingerprint density at radius 1 is 0.303 bits per heavy atom. The summed E-state index contributed by atoms with van der Waals surface area (Å²) in [4.78, 5) is 9.63. The topological polar surface area (TPSA) is 13.0 Å². The molecule has 1 aliphatic rings. The Morgan fingerprint density at radius 2 is 0.652 bits per heavy atom. The zero-order chi connectivity index (χ0) is 44.7. The van der Waals surface area contributed by atoms with E-state index in [9.17, 15) is 0 Å². The van der Waals surface area contributed by atoms with E-state index in [0.717, 1.165) is 86.5 Å². The van der Waals surface area contributed by atoms with Gasteiger partial charge in [0.1, 0.15) is 0 Å². The van der Waals surface area contributed by atoms with Gasteiger partial charge in [-0.05, 0) is 148 Å². The van der Waals surface area contributed by atoms with Crippen LogP contribution in [0, 0.1) is 6.92 Å². The molecule has 0 fully saturated rings. The average Bonchev–Trinajstić information content (AvgIpc) is 3.37. The summed E-state index contributed by atoms with van der Waals surface area (Å²) in [6, 6.07) is 87.3. The van der Waals surface area contributed by atoms with Gasteiger partial charge in [-0.2, -0.15) is 0 Å². The Labute approximate surface area is 389 Å². The van der Waals surface area contributed by atoms with Crippen molar-refractivity contribution in [2.75, 3.05) is 19.6 Å². The van der Waals surface area contributed by atoms with Gasteiger partial charge in [0.05, 0.1) is 11.4 Å². The molecule has 9 aromatic carbocycles. The van der Waals surface area contributed by atoms with Crippen molar-refractivity contribution in [3.05, 3.63) is 272 Å². The molecule has 0 aromatic heterocycles. The van der Waals surface area contributed by atoms with Crippen molar-refractivity contribution < 1.29 is 0 Å². The molecular formula is C62H52N4. The van der Waals surface area contributed by atoms with Gasteiger partial charge < -0.3 is 19.6 Å². The third-order valence-electron chi connectivity index (χ3n) is 12.1. The van der Waals surface area contributed by atoms with Crippen molar-refractivity contribution in [2.24, 2.45) is 0 Å². The monoisotopic (exact) mass is 852 g/mol. The normalized spacial score (nSPS) is 12.2. The van der Waals surface area contributed by atoms with Crippen molar-refractivity contribution >= 4 is 62.6 Å². The number of benzene rings is 9. The molecule has 4 heteroatoms. The summed E-state index contributed by atoms with van der Waals surface area (Å²) in [5, 5.41) is 0. The standard InChI is InChI=1S/C62H52N4/c1-47-23-21-37-55(43-47)63(49-25-9-3-10-26-49)57-39-41-59(61(45-57)65(51-29-13-5-14-30-51)52-31-15-6-16-32-52)60-42-40-58(64(50-27-11-4-12-28-50)56-38-22-24-48(2)44-56)46-62(60)66(53-33-17-7-18-34-53)54-35-19-8-20-36-54/h3-21,23-37,39-46H,22,38H2,1-2H3. The maximum absolute atomic E-state index is 2.45. The summed E-state index contributed by atoms with van der Waals surface area (Å²) in [5.41, 5.74) is 17.7. The van der Waals surface area contributed by atoms with Gasteiger partial charge in [0, 0.05) is 68.0 Å². The van der Waals surface area contributed by atoms with Crippen LogP contribution in [0.15, 0.2) is 266 Å². The fraction of sp³-hybridized carbons (Fsp3) is 0.0645. The quantitative estimate of drug-likeness (QED) is 0.115. The molecule has 4 nitrogen and oxygen atoms in total. The lowest BCUT2D eigenvalue weighted by Crippen LogP contribution is -2.19. The first-order valence-corrected chi connectivity index (χ1v) is 22.8. The SMILES string of the molecule is CC1=CCCC(N(c2ccccc2)c2ccc(-c3ccc(N(c4ccccc4)c4cccc(C)c4)cc3N(c3ccccc3)c3ccccc3)c(N(c3ccccc3)c3ccccc3)c2)=C1. The van der Waals surface area contributed by atoms with E-state index in [4.69, 9.17) is 0 Å². The van der Waals surface area contributed by atoms with Crippen molar-refractivity contribution in [3.8, 4) is 11.1 Å². The van der Waals surface area contributed by atoms with E-state index in [2.05, 4.69) is 288 Å². The minimum Gasteiger partial charge on any atom is -0.314 e. The van der Waals surface area contributed by atoms with Crippen LogP contribution in [-0.4, -0.2) is 0 Å². The predicted octanol–water partition coefficient (Wildman–Crippen LogP) is 17.8. The number of allylic oxidation sites excluding steroid dienone is 4. The van der Waals surface area contributed by atoms with E-state index in [-0.39, 0.29) is 0 Å². The van der Waals surface area contributed by atoms with Crippen LogP contribution in [0.4, 0.5) is 62.6 Å². The van der Waals surface area contributed by atoms with Crippen LogP contribution in [0.1, 0.15) is 25.3 Å². The van der Waals surface area contributed by atoms with Crippen molar-refractivity contribution in [2.45, 2.75) is 26.7 Å². The molecule has 0 unspecified atom stereocenters. The highest BCUT2D eigenvalue weighted by Gasteiger charge is 2.27. The highest BCUT2D eigenvalue weighted by atomic mass is 15.2. The fourth-order valence-electron chi connectivity index (χ4n) is 9.17. The Bertz CT molecular complexity index is 3020. The number of hydrogen-bond acceptors (Lipinski definition) is 4. The van der Waals surface area contributed by atoms with E-state index < -0.39 is 0 Å². The number of hydrogen-bond donors (Lipinski definition) is 0. The minimum atomic E-state index is 0.942. The molecule has 1 aliphatic carbocycles. The van der Waals surface area contributed by atoms with Gasteiger partial charge >= 0.3 is 0 Å². The van der Waals surface area contributed by atoms with E-state index in [1.54, 1.807) is 0 Å². The number of anilines is 11. The van der Waals surface area contributed by atoms with Crippen LogP contribution in [-0.2, 0) is 0 Å². The molecule has 66 heavy (non-hydrogen) atoms. The maximum Gasteiger partial charge on any atom is 0.0561 e. The smallest absolute Gasteiger partial charge is 0.0561 e. The van der Waals surface area contributed by atoms with Crippen LogP contribution in [0.2, 0.25) is 0 Å². The molecule has 0 saturated heterocycles. The number of aryl methyl sites for hydroxylation is 1. The molecule has 0 bridgehead atoms. The third-order valence-corrected chi connectivity index (χ3v) is 12.1. The molecule has 10 rings (SSSR count). The second-order valence-electron chi connectivity index (χ2n) is 16.7. The zero-order valence-corrected chi connectivity index (χ0v) is 37.5. The van der Waals surface area contributed by atoms with Crippen LogP contribution < -0.4 is 19.6 Å². The Balaban J connectivity index is 1.29. The van der Waals surface area contributed by atoms with Crippen LogP contribution in [0.25, 0.3) is 11.1 Å². The Hall–Kier alpha value is -8.34. The number of nitrogens with zero attached hydrogens (tertiary/aromatic N) is 4. The van der Waals surface area contributed by atoms with Crippen molar-refractivity contribution in [1.29, 1.82) is 0 Å². The average molecular weight is 853 g/mol. The molecule has 0 N–H and O–H groups in total. The van der Waals surface area contributed by atoms with Gasteiger partial charge in [-0.25, -0.2) is 0 Å². The van der Waals surface area contributed by atoms with E-state index in [0.29, 0.717) is 0 Å². The number of rotatable bonds is 13. The van der Waals surface area contributed by atoms with Crippen LogP contribution >= 0.6 is 0 Å². The van der Waals surface area contributed by atoms with Gasteiger partial charge in [0.15, 0.2) is 0 Å². The summed E-state index contributed by atoms with van der Waals surface area (Å²) < 4.78 is 0. The second-order valence-corrected chi connectivity index (χ2v) is 16.7. The molecule has 0 atom stereocenters. The van der Waals surface area contributed by atoms with Crippen LogP contribution in [0.3, 0.4) is 0 Å². The predicted molar refractivity (Wildman–Crippen MR) is 280 cm³/mol. The summed E-state index contributed by atoms with van der Waals surface area (Å²) in [7, 11) is 0. The second kappa shape index (κ2) is 19.2. The molecule has 0 amide bonds. The lowest BCUT2D eigenvalue weighted by Gasteiger charge is -2.34. The van der Waals surface area contributed by atoms with Crippen LogP contribution in [0.5, 0.6) is 0 Å². The summed E-state index contributed by atoms with van der Waals surface area (Å²) in [5.74, 6) is 0. The number of para-hydroxylation sites is 6. The molecule has 320 valence electrons. The molecule has 0 radical (unpaired) electrons. The Morgan fingerprint density at radius 3 is 1.05 bits per heavy atom. The van der Waals surface area contributed by atoms with Crippen molar-refractivity contribution in [1.82, 2.24) is 0 Å². The summed E-state index contributed by atoms with van der Waals surface area (Å²) in [6.45, 7) is 4.36. The lowest BCUT2D eigenvalue weighted by atomic mass is 9.96.